The first-order valence-corrected chi connectivity index (χ1v) is 9.12. The molecule has 2 aromatic carbocycles. The number of nitrogens with one attached hydrogen (secondary N) is 3. The highest BCUT2D eigenvalue weighted by atomic mass is 16.2. The Balaban J connectivity index is 1.36. The first-order chi connectivity index (χ1) is 13.2. The Labute approximate surface area is 158 Å². The summed E-state index contributed by atoms with van der Waals surface area (Å²) in [5.41, 5.74) is 3.15. The van der Waals surface area contributed by atoms with Gasteiger partial charge in [-0.1, -0.05) is 36.4 Å². The number of fused-ring (bicyclic) bond motifs is 1. The maximum atomic E-state index is 12.4. The summed E-state index contributed by atoms with van der Waals surface area (Å²) < 4.78 is 0. The van der Waals surface area contributed by atoms with Gasteiger partial charge in [-0.15, -0.1) is 0 Å². The summed E-state index contributed by atoms with van der Waals surface area (Å²) in [5.74, 6) is 0.825. The van der Waals surface area contributed by atoms with E-state index in [0.717, 1.165) is 16.9 Å². The Morgan fingerprint density at radius 1 is 1.19 bits per heavy atom. The van der Waals surface area contributed by atoms with E-state index in [4.69, 9.17) is 0 Å². The SMILES string of the molecule is CN=C(NCc1cc2ccccc2[nH]1)NC1CC(=O)N(c2ccccc2)C1. The normalized spacial score (nSPS) is 17.5. The van der Waals surface area contributed by atoms with Gasteiger partial charge in [-0.25, -0.2) is 0 Å². The summed E-state index contributed by atoms with van der Waals surface area (Å²) in [6.07, 6.45) is 0.460. The Kier molecular flexibility index (Phi) is 4.78. The molecule has 1 saturated heterocycles. The van der Waals surface area contributed by atoms with Gasteiger partial charge in [0.1, 0.15) is 0 Å². The molecule has 6 nitrogen and oxygen atoms in total. The number of nitrogens with zero attached hydrogens (tertiary/aromatic N) is 2. The van der Waals surface area contributed by atoms with Gasteiger partial charge in [-0.3, -0.25) is 9.79 Å². The molecule has 0 radical (unpaired) electrons. The van der Waals surface area contributed by atoms with Gasteiger partial charge in [0.05, 0.1) is 12.6 Å². The van der Waals surface area contributed by atoms with Crippen molar-refractivity contribution in [1.29, 1.82) is 0 Å². The summed E-state index contributed by atoms with van der Waals surface area (Å²) in [5, 5.41) is 7.87. The van der Waals surface area contributed by atoms with Crippen molar-refractivity contribution >= 4 is 28.5 Å². The van der Waals surface area contributed by atoms with E-state index in [0.29, 0.717) is 25.5 Å². The van der Waals surface area contributed by atoms with Crippen LogP contribution in [-0.4, -0.2) is 36.5 Å². The maximum absolute atomic E-state index is 12.4. The lowest BCUT2D eigenvalue weighted by molar-refractivity contribution is -0.117. The molecule has 1 fully saturated rings. The first-order valence-electron chi connectivity index (χ1n) is 9.12. The number of para-hydroxylation sites is 2. The molecule has 1 aliphatic rings. The van der Waals surface area contributed by atoms with Crippen LogP contribution in [0.3, 0.4) is 0 Å². The first kappa shape index (κ1) is 17.1. The van der Waals surface area contributed by atoms with Crippen LogP contribution in [0.25, 0.3) is 10.9 Å². The van der Waals surface area contributed by atoms with Gasteiger partial charge < -0.3 is 20.5 Å². The molecule has 1 aromatic heterocycles. The van der Waals surface area contributed by atoms with E-state index in [1.165, 1.54) is 5.39 Å². The minimum atomic E-state index is 0.0339. The molecule has 138 valence electrons. The van der Waals surface area contributed by atoms with Crippen molar-refractivity contribution in [2.75, 3.05) is 18.5 Å². The van der Waals surface area contributed by atoms with E-state index in [1.54, 1.807) is 7.05 Å². The summed E-state index contributed by atoms with van der Waals surface area (Å²) in [4.78, 5) is 21.9. The van der Waals surface area contributed by atoms with Gasteiger partial charge >= 0.3 is 0 Å². The maximum Gasteiger partial charge on any atom is 0.229 e. The molecule has 0 aliphatic carbocycles. The van der Waals surface area contributed by atoms with E-state index in [-0.39, 0.29) is 11.9 Å². The Bertz CT molecular complexity index is 930. The zero-order valence-electron chi connectivity index (χ0n) is 15.3. The van der Waals surface area contributed by atoms with Crippen molar-refractivity contribution in [1.82, 2.24) is 15.6 Å². The molecule has 1 unspecified atom stereocenters. The van der Waals surface area contributed by atoms with Gasteiger partial charge in [0.25, 0.3) is 0 Å². The second-order valence-corrected chi connectivity index (χ2v) is 6.69. The Hall–Kier alpha value is -3.28. The number of rotatable bonds is 4. The fourth-order valence-corrected chi connectivity index (χ4v) is 3.46. The van der Waals surface area contributed by atoms with Crippen LogP contribution < -0.4 is 15.5 Å². The van der Waals surface area contributed by atoms with Gasteiger partial charge in [0.15, 0.2) is 5.96 Å². The highest BCUT2D eigenvalue weighted by Gasteiger charge is 2.31. The fraction of sp³-hybridized carbons (Fsp3) is 0.238. The smallest absolute Gasteiger partial charge is 0.229 e. The average molecular weight is 361 g/mol. The van der Waals surface area contributed by atoms with E-state index in [2.05, 4.69) is 38.8 Å². The number of H-pyrrole nitrogens is 1. The van der Waals surface area contributed by atoms with Gasteiger partial charge in [0.2, 0.25) is 5.91 Å². The van der Waals surface area contributed by atoms with Crippen LogP contribution in [0, 0.1) is 0 Å². The number of hydrogen-bond acceptors (Lipinski definition) is 2. The van der Waals surface area contributed by atoms with Crippen LogP contribution >= 0.6 is 0 Å². The number of aliphatic imine (C=N–C) groups is 1. The van der Waals surface area contributed by atoms with E-state index >= 15 is 0 Å². The number of guanidine groups is 1. The van der Waals surface area contributed by atoms with E-state index < -0.39 is 0 Å². The predicted molar refractivity (Wildman–Crippen MR) is 109 cm³/mol. The monoisotopic (exact) mass is 361 g/mol. The third-order valence-corrected chi connectivity index (χ3v) is 4.79. The minimum Gasteiger partial charge on any atom is -0.357 e. The Morgan fingerprint density at radius 2 is 1.96 bits per heavy atom. The molecule has 1 amide bonds. The molecular weight excluding hydrogens is 338 g/mol. The van der Waals surface area contributed by atoms with Crippen LogP contribution in [0.15, 0.2) is 65.7 Å². The molecular formula is C21H23N5O. The average Bonchev–Trinajstić information content (AvgIpc) is 3.28. The van der Waals surface area contributed by atoms with Crippen LogP contribution in [0.4, 0.5) is 5.69 Å². The van der Waals surface area contributed by atoms with Crippen molar-refractivity contribution in [3.63, 3.8) is 0 Å². The van der Waals surface area contributed by atoms with Crippen LogP contribution in [-0.2, 0) is 11.3 Å². The molecule has 3 aromatic rings. The second-order valence-electron chi connectivity index (χ2n) is 6.69. The van der Waals surface area contributed by atoms with Gasteiger partial charge in [-0.2, -0.15) is 0 Å². The third-order valence-electron chi connectivity index (χ3n) is 4.79. The lowest BCUT2D eigenvalue weighted by Gasteiger charge is -2.18. The lowest BCUT2D eigenvalue weighted by Crippen LogP contribution is -2.44. The highest BCUT2D eigenvalue weighted by molar-refractivity contribution is 5.97. The number of carbonyl (C=O) groups excluding carboxylic acids is 1. The number of aromatic amines is 1. The topological polar surface area (TPSA) is 72.5 Å². The largest absolute Gasteiger partial charge is 0.357 e. The third kappa shape index (κ3) is 3.79. The molecule has 6 heteroatoms. The molecule has 1 atom stereocenters. The predicted octanol–water partition coefficient (Wildman–Crippen LogP) is 2.64. The number of benzene rings is 2. The molecule has 1 aliphatic heterocycles. The number of anilines is 1. The van der Waals surface area contributed by atoms with Crippen LogP contribution in [0.1, 0.15) is 12.1 Å². The molecule has 0 bridgehead atoms. The van der Waals surface area contributed by atoms with E-state index in [1.807, 2.05) is 47.4 Å². The number of carbonyl (C=O) groups is 1. The highest BCUT2D eigenvalue weighted by Crippen LogP contribution is 2.21. The standard InChI is InChI=1S/C21H23N5O/c1-22-21(23-13-16-11-15-7-5-6-10-19(15)24-16)25-17-12-20(27)26(14-17)18-8-3-2-4-9-18/h2-11,17,24H,12-14H2,1H3,(H2,22,23,25). The molecule has 0 spiro atoms. The number of amides is 1. The fourth-order valence-electron chi connectivity index (χ4n) is 3.46. The van der Waals surface area contributed by atoms with Crippen molar-refractivity contribution in [2.24, 2.45) is 4.99 Å². The lowest BCUT2D eigenvalue weighted by atomic mass is 10.2. The van der Waals surface area contributed by atoms with E-state index in [9.17, 15) is 4.79 Å². The summed E-state index contributed by atoms with van der Waals surface area (Å²) >= 11 is 0. The number of hydrogen-bond donors (Lipinski definition) is 3. The van der Waals surface area contributed by atoms with Gasteiger partial charge in [0, 0.05) is 36.9 Å². The summed E-state index contributed by atoms with van der Waals surface area (Å²) in [6, 6.07) is 20.1. The van der Waals surface area contributed by atoms with Crippen molar-refractivity contribution < 1.29 is 4.79 Å². The zero-order chi connectivity index (χ0) is 18.6. The summed E-state index contributed by atoms with van der Waals surface area (Å²) in [6.45, 7) is 1.27. The zero-order valence-corrected chi connectivity index (χ0v) is 15.3. The molecule has 3 N–H and O–H groups in total. The second kappa shape index (κ2) is 7.53. The van der Waals surface area contributed by atoms with Crippen molar-refractivity contribution in [2.45, 2.75) is 19.0 Å². The molecule has 2 heterocycles. The minimum absolute atomic E-state index is 0.0339. The van der Waals surface area contributed by atoms with Gasteiger partial charge in [-0.05, 0) is 29.7 Å². The quantitative estimate of drug-likeness (QED) is 0.494. The molecule has 27 heavy (non-hydrogen) atoms. The summed E-state index contributed by atoms with van der Waals surface area (Å²) in [7, 11) is 1.74. The number of aromatic nitrogens is 1. The molecule has 4 rings (SSSR count). The van der Waals surface area contributed by atoms with Crippen LogP contribution in [0.2, 0.25) is 0 Å². The Morgan fingerprint density at radius 3 is 2.74 bits per heavy atom. The van der Waals surface area contributed by atoms with Crippen molar-refractivity contribution in [3.8, 4) is 0 Å². The van der Waals surface area contributed by atoms with Crippen molar-refractivity contribution in [3.05, 3.63) is 66.4 Å². The van der Waals surface area contributed by atoms with Crippen LogP contribution in [0.5, 0.6) is 0 Å². The molecule has 0 saturated carbocycles.